The number of pyridine rings is 1. The van der Waals surface area contributed by atoms with E-state index >= 15 is 0 Å². The van der Waals surface area contributed by atoms with Crippen LogP contribution in [0.2, 0.25) is 0 Å². The molecule has 0 radical (unpaired) electrons. The summed E-state index contributed by atoms with van der Waals surface area (Å²) in [6.45, 7) is 2.39. The van der Waals surface area contributed by atoms with Gasteiger partial charge < -0.3 is 10.2 Å². The molecular weight excluding hydrogens is 298 g/mol. The van der Waals surface area contributed by atoms with Gasteiger partial charge in [-0.05, 0) is 48.8 Å². The average Bonchev–Trinajstić information content (AvgIpc) is 2.64. The molecule has 3 rings (SSSR count). The first-order valence-corrected chi connectivity index (χ1v) is 8.77. The third kappa shape index (κ3) is 4.82. The van der Waals surface area contributed by atoms with Crippen LogP contribution in [0.3, 0.4) is 0 Å². The summed E-state index contributed by atoms with van der Waals surface area (Å²) in [5, 5.41) is 3.04. The highest BCUT2D eigenvalue weighted by Gasteiger charge is 2.22. The average molecular weight is 323 g/mol. The van der Waals surface area contributed by atoms with Crippen LogP contribution >= 0.6 is 0 Å². The van der Waals surface area contributed by atoms with E-state index in [1.54, 1.807) is 0 Å². The zero-order chi connectivity index (χ0) is 16.6. The Kier molecular flexibility index (Phi) is 5.83. The van der Waals surface area contributed by atoms with E-state index in [1.165, 1.54) is 11.1 Å². The Bertz CT molecular complexity index is 622. The highest BCUT2D eigenvalue weighted by atomic mass is 16.2. The van der Waals surface area contributed by atoms with E-state index in [-0.39, 0.29) is 6.03 Å². The minimum atomic E-state index is 0.0748. The maximum atomic E-state index is 12.3. The summed E-state index contributed by atoms with van der Waals surface area (Å²) < 4.78 is 0. The van der Waals surface area contributed by atoms with Crippen molar-refractivity contribution in [2.45, 2.75) is 25.7 Å². The van der Waals surface area contributed by atoms with E-state index in [0.717, 1.165) is 38.8 Å². The molecule has 0 aliphatic carbocycles. The Balaban J connectivity index is 1.37. The fourth-order valence-electron chi connectivity index (χ4n) is 3.26. The van der Waals surface area contributed by atoms with E-state index in [0.29, 0.717) is 12.5 Å². The summed E-state index contributed by atoms with van der Waals surface area (Å²) in [4.78, 5) is 18.4. The Labute approximate surface area is 143 Å². The van der Waals surface area contributed by atoms with Gasteiger partial charge >= 0.3 is 6.03 Å². The molecule has 4 nitrogen and oxygen atoms in total. The number of rotatable bonds is 5. The number of carbonyl (C=O) groups excluding carboxylic acids is 1. The second-order valence-electron chi connectivity index (χ2n) is 6.46. The number of aromatic nitrogens is 1. The van der Waals surface area contributed by atoms with Gasteiger partial charge in [-0.15, -0.1) is 0 Å². The summed E-state index contributed by atoms with van der Waals surface area (Å²) in [5.74, 6) is 0.655. The van der Waals surface area contributed by atoms with Crippen molar-refractivity contribution in [2.24, 2.45) is 5.92 Å². The molecule has 1 aliphatic heterocycles. The number of nitrogens with one attached hydrogen (secondary N) is 1. The predicted octanol–water partition coefficient (Wildman–Crippen LogP) is 3.29. The molecule has 4 heteroatoms. The topological polar surface area (TPSA) is 45.2 Å². The molecule has 1 fully saturated rings. The monoisotopic (exact) mass is 323 g/mol. The number of hydrogen-bond acceptors (Lipinski definition) is 2. The molecule has 0 atom stereocenters. The fraction of sp³-hybridized carbons (Fsp3) is 0.400. The number of urea groups is 1. The second kappa shape index (κ2) is 8.48. The Hall–Kier alpha value is -2.36. The van der Waals surface area contributed by atoms with Crippen molar-refractivity contribution in [3.8, 4) is 0 Å². The lowest BCUT2D eigenvalue weighted by atomic mass is 9.91. The van der Waals surface area contributed by atoms with Crippen molar-refractivity contribution in [1.82, 2.24) is 15.2 Å². The van der Waals surface area contributed by atoms with E-state index in [1.807, 2.05) is 41.6 Å². The number of benzene rings is 1. The third-order valence-electron chi connectivity index (χ3n) is 4.68. The molecule has 1 saturated heterocycles. The lowest BCUT2D eigenvalue weighted by molar-refractivity contribution is 0.170. The van der Waals surface area contributed by atoms with Crippen molar-refractivity contribution in [2.75, 3.05) is 19.6 Å². The van der Waals surface area contributed by atoms with Crippen molar-refractivity contribution >= 4 is 6.03 Å². The standard InChI is InChI=1S/C20H25N3O/c24-20(22-12-8-17-5-2-1-3-6-17)23-13-9-18(10-14-23)15-19-7-4-11-21-16-19/h1-7,11,16,18H,8-10,12-15H2,(H,22,24). The number of nitrogens with zero attached hydrogens (tertiary/aromatic N) is 2. The molecule has 2 aromatic rings. The molecule has 1 aromatic heterocycles. The first-order valence-electron chi connectivity index (χ1n) is 8.77. The van der Waals surface area contributed by atoms with Crippen molar-refractivity contribution < 1.29 is 4.79 Å². The summed E-state index contributed by atoms with van der Waals surface area (Å²) >= 11 is 0. The van der Waals surface area contributed by atoms with Gasteiger partial charge in [0.15, 0.2) is 0 Å². The highest BCUT2D eigenvalue weighted by Crippen LogP contribution is 2.21. The van der Waals surface area contributed by atoms with Gasteiger partial charge in [-0.3, -0.25) is 4.98 Å². The number of carbonyl (C=O) groups is 1. The molecule has 24 heavy (non-hydrogen) atoms. The highest BCUT2D eigenvalue weighted by molar-refractivity contribution is 5.74. The molecule has 1 aromatic carbocycles. The van der Waals surface area contributed by atoms with Crippen LogP contribution in [0.1, 0.15) is 24.0 Å². The minimum Gasteiger partial charge on any atom is -0.338 e. The van der Waals surface area contributed by atoms with Gasteiger partial charge in [-0.1, -0.05) is 36.4 Å². The molecule has 2 amide bonds. The summed E-state index contributed by atoms with van der Waals surface area (Å²) in [6.07, 6.45) is 7.85. The smallest absolute Gasteiger partial charge is 0.317 e. The van der Waals surface area contributed by atoms with Crippen molar-refractivity contribution in [3.05, 3.63) is 66.0 Å². The summed E-state index contributed by atoms with van der Waals surface area (Å²) in [7, 11) is 0. The summed E-state index contributed by atoms with van der Waals surface area (Å²) in [6, 6.07) is 14.5. The van der Waals surface area contributed by atoms with Crippen LogP contribution in [-0.4, -0.2) is 35.5 Å². The quantitative estimate of drug-likeness (QED) is 0.918. The molecule has 126 valence electrons. The SMILES string of the molecule is O=C(NCCc1ccccc1)N1CCC(Cc2cccnc2)CC1. The van der Waals surface area contributed by atoms with Crippen LogP contribution in [0.5, 0.6) is 0 Å². The second-order valence-corrected chi connectivity index (χ2v) is 6.46. The van der Waals surface area contributed by atoms with E-state index in [4.69, 9.17) is 0 Å². The Morgan fingerprint density at radius 2 is 1.83 bits per heavy atom. The van der Waals surface area contributed by atoms with Crippen LogP contribution in [-0.2, 0) is 12.8 Å². The molecular formula is C20H25N3O. The fourth-order valence-corrected chi connectivity index (χ4v) is 3.26. The van der Waals surface area contributed by atoms with Crippen molar-refractivity contribution in [3.63, 3.8) is 0 Å². The maximum Gasteiger partial charge on any atom is 0.317 e. The zero-order valence-electron chi connectivity index (χ0n) is 14.0. The van der Waals surface area contributed by atoms with Gasteiger partial charge in [0.1, 0.15) is 0 Å². The number of likely N-dealkylation sites (tertiary alicyclic amines) is 1. The van der Waals surface area contributed by atoms with Gasteiger partial charge in [-0.25, -0.2) is 4.79 Å². The van der Waals surface area contributed by atoms with Crippen LogP contribution < -0.4 is 5.32 Å². The number of hydrogen-bond donors (Lipinski definition) is 1. The van der Waals surface area contributed by atoms with Gasteiger partial charge in [0, 0.05) is 32.0 Å². The minimum absolute atomic E-state index is 0.0748. The normalized spacial score (nSPS) is 15.2. The lowest BCUT2D eigenvalue weighted by Gasteiger charge is -2.32. The van der Waals surface area contributed by atoms with Crippen LogP contribution in [0.15, 0.2) is 54.9 Å². The van der Waals surface area contributed by atoms with Crippen LogP contribution in [0.25, 0.3) is 0 Å². The maximum absolute atomic E-state index is 12.3. The van der Waals surface area contributed by atoms with Gasteiger partial charge in [0.05, 0.1) is 0 Å². The number of piperidine rings is 1. The van der Waals surface area contributed by atoms with Crippen LogP contribution in [0.4, 0.5) is 4.79 Å². The molecule has 0 unspecified atom stereocenters. The molecule has 0 saturated carbocycles. The molecule has 0 bridgehead atoms. The van der Waals surface area contributed by atoms with Crippen molar-refractivity contribution in [1.29, 1.82) is 0 Å². The summed E-state index contributed by atoms with van der Waals surface area (Å²) in [5.41, 5.74) is 2.55. The van der Waals surface area contributed by atoms with Gasteiger partial charge in [0.2, 0.25) is 0 Å². The lowest BCUT2D eigenvalue weighted by Crippen LogP contribution is -2.45. The molecule has 1 aliphatic rings. The predicted molar refractivity (Wildman–Crippen MR) is 95.8 cm³/mol. The Morgan fingerprint density at radius 1 is 1.08 bits per heavy atom. The first kappa shape index (κ1) is 16.5. The number of amides is 2. The molecule has 2 heterocycles. The van der Waals surface area contributed by atoms with Crippen LogP contribution in [0, 0.1) is 5.92 Å². The van der Waals surface area contributed by atoms with Gasteiger partial charge in [0.25, 0.3) is 0 Å². The van der Waals surface area contributed by atoms with Gasteiger partial charge in [-0.2, -0.15) is 0 Å². The largest absolute Gasteiger partial charge is 0.338 e. The zero-order valence-corrected chi connectivity index (χ0v) is 14.0. The molecule has 0 spiro atoms. The molecule has 1 N–H and O–H groups in total. The first-order chi connectivity index (χ1) is 11.8. The third-order valence-corrected chi connectivity index (χ3v) is 4.68. The van der Waals surface area contributed by atoms with E-state index in [9.17, 15) is 4.79 Å². The Morgan fingerprint density at radius 3 is 2.54 bits per heavy atom. The van der Waals surface area contributed by atoms with E-state index in [2.05, 4.69) is 28.5 Å². The van der Waals surface area contributed by atoms with E-state index < -0.39 is 0 Å².